The van der Waals surface area contributed by atoms with Gasteiger partial charge in [0.15, 0.2) is 0 Å². The van der Waals surface area contributed by atoms with E-state index in [0.717, 1.165) is 22.3 Å². The van der Waals surface area contributed by atoms with Crippen LogP contribution in [0.15, 0.2) is 24.3 Å². The van der Waals surface area contributed by atoms with Crippen molar-refractivity contribution >= 4 is 10.9 Å². The molecule has 1 aromatic heterocycles. The molecule has 0 aliphatic heterocycles. The van der Waals surface area contributed by atoms with Crippen LogP contribution in [0.3, 0.4) is 0 Å². The highest BCUT2D eigenvalue weighted by molar-refractivity contribution is 5.81. The third kappa shape index (κ3) is 2.51. The number of aromatic nitrogens is 1. The lowest BCUT2D eigenvalue weighted by molar-refractivity contribution is 0.415. The maximum atomic E-state index is 5.16. The maximum absolute atomic E-state index is 5.16. The van der Waals surface area contributed by atoms with E-state index in [4.69, 9.17) is 4.74 Å². The van der Waals surface area contributed by atoms with Gasteiger partial charge in [-0.25, -0.2) is 0 Å². The Labute approximate surface area is 97.3 Å². The SMILES string of the molecule is CC.COc1ccc2nc(C)c(C)cc2c1. The van der Waals surface area contributed by atoms with E-state index < -0.39 is 0 Å². The molecule has 0 bridgehead atoms. The molecule has 0 radical (unpaired) electrons. The Balaban J connectivity index is 0.000000606. The monoisotopic (exact) mass is 217 g/mol. The molecule has 0 fully saturated rings. The van der Waals surface area contributed by atoms with Crippen LogP contribution in [0, 0.1) is 13.8 Å². The first-order chi connectivity index (χ1) is 7.70. The first-order valence-electron chi connectivity index (χ1n) is 5.62. The van der Waals surface area contributed by atoms with Crippen LogP contribution >= 0.6 is 0 Å². The lowest BCUT2D eigenvalue weighted by atomic mass is 10.1. The van der Waals surface area contributed by atoms with Crippen molar-refractivity contribution in [2.24, 2.45) is 0 Å². The highest BCUT2D eigenvalue weighted by atomic mass is 16.5. The number of ether oxygens (including phenoxy) is 1. The van der Waals surface area contributed by atoms with Crippen LogP contribution in [-0.4, -0.2) is 12.1 Å². The lowest BCUT2D eigenvalue weighted by Gasteiger charge is -2.04. The van der Waals surface area contributed by atoms with E-state index in [1.165, 1.54) is 5.56 Å². The van der Waals surface area contributed by atoms with Crippen LogP contribution in [-0.2, 0) is 0 Å². The molecule has 0 aliphatic carbocycles. The highest BCUT2D eigenvalue weighted by Gasteiger charge is 2.00. The second kappa shape index (κ2) is 5.50. The number of fused-ring (bicyclic) bond motifs is 1. The molecule has 86 valence electrons. The number of aryl methyl sites for hydroxylation is 2. The van der Waals surface area contributed by atoms with E-state index in [9.17, 15) is 0 Å². The van der Waals surface area contributed by atoms with E-state index in [2.05, 4.69) is 18.0 Å². The first kappa shape index (κ1) is 12.5. The zero-order valence-electron chi connectivity index (χ0n) is 10.7. The number of pyridine rings is 1. The van der Waals surface area contributed by atoms with Crippen LogP contribution < -0.4 is 4.74 Å². The van der Waals surface area contributed by atoms with E-state index in [-0.39, 0.29) is 0 Å². The van der Waals surface area contributed by atoms with Gasteiger partial charge in [0.2, 0.25) is 0 Å². The fourth-order valence-corrected chi connectivity index (χ4v) is 1.48. The van der Waals surface area contributed by atoms with Gasteiger partial charge in [-0.15, -0.1) is 0 Å². The summed E-state index contributed by atoms with van der Waals surface area (Å²) in [5.41, 5.74) is 3.32. The summed E-state index contributed by atoms with van der Waals surface area (Å²) < 4.78 is 5.16. The molecule has 16 heavy (non-hydrogen) atoms. The van der Waals surface area contributed by atoms with Crippen molar-refractivity contribution in [3.8, 4) is 5.75 Å². The number of benzene rings is 1. The molecule has 0 aliphatic rings. The van der Waals surface area contributed by atoms with Gasteiger partial charge >= 0.3 is 0 Å². The van der Waals surface area contributed by atoms with Gasteiger partial charge in [-0.3, -0.25) is 4.98 Å². The summed E-state index contributed by atoms with van der Waals surface area (Å²) in [6.45, 7) is 8.10. The summed E-state index contributed by atoms with van der Waals surface area (Å²) in [4.78, 5) is 4.50. The second-order valence-electron chi connectivity index (χ2n) is 3.45. The molecule has 0 saturated heterocycles. The van der Waals surface area contributed by atoms with Crippen molar-refractivity contribution in [3.63, 3.8) is 0 Å². The molecule has 0 saturated carbocycles. The topological polar surface area (TPSA) is 22.1 Å². The fraction of sp³-hybridized carbons (Fsp3) is 0.357. The summed E-state index contributed by atoms with van der Waals surface area (Å²) in [6.07, 6.45) is 0. The maximum Gasteiger partial charge on any atom is 0.119 e. The molecule has 0 amide bonds. The van der Waals surface area contributed by atoms with Gasteiger partial charge in [-0.2, -0.15) is 0 Å². The molecule has 2 rings (SSSR count). The predicted octanol–water partition coefficient (Wildman–Crippen LogP) is 3.89. The average molecular weight is 217 g/mol. The Kier molecular flexibility index (Phi) is 4.29. The van der Waals surface area contributed by atoms with E-state index >= 15 is 0 Å². The van der Waals surface area contributed by atoms with Gasteiger partial charge in [0.1, 0.15) is 5.75 Å². The molecular formula is C14H19NO. The minimum Gasteiger partial charge on any atom is -0.497 e. The Morgan fingerprint density at radius 3 is 2.38 bits per heavy atom. The van der Waals surface area contributed by atoms with Gasteiger partial charge in [0, 0.05) is 11.1 Å². The van der Waals surface area contributed by atoms with Gasteiger partial charge in [-0.1, -0.05) is 13.8 Å². The van der Waals surface area contributed by atoms with Gasteiger partial charge in [0.05, 0.1) is 12.6 Å². The third-order valence-corrected chi connectivity index (χ3v) is 2.47. The number of hydrogen-bond acceptors (Lipinski definition) is 2. The predicted molar refractivity (Wildman–Crippen MR) is 69.1 cm³/mol. The van der Waals surface area contributed by atoms with Crippen molar-refractivity contribution in [2.45, 2.75) is 27.7 Å². The van der Waals surface area contributed by atoms with Crippen molar-refractivity contribution in [1.82, 2.24) is 4.98 Å². The molecule has 0 N–H and O–H groups in total. The second-order valence-corrected chi connectivity index (χ2v) is 3.45. The normalized spacial score (nSPS) is 9.56. The van der Waals surface area contributed by atoms with Crippen molar-refractivity contribution < 1.29 is 4.74 Å². The van der Waals surface area contributed by atoms with Gasteiger partial charge in [-0.05, 0) is 43.7 Å². The van der Waals surface area contributed by atoms with Crippen molar-refractivity contribution in [3.05, 3.63) is 35.5 Å². The zero-order chi connectivity index (χ0) is 12.1. The third-order valence-electron chi connectivity index (χ3n) is 2.47. The van der Waals surface area contributed by atoms with Crippen LogP contribution in [0.5, 0.6) is 5.75 Å². The summed E-state index contributed by atoms with van der Waals surface area (Å²) in [6, 6.07) is 8.07. The Morgan fingerprint density at radius 2 is 1.75 bits per heavy atom. The quantitative estimate of drug-likeness (QED) is 0.723. The number of hydrogen-bond donors (Lipinski definition) is 0. The molecule has 0 unspecified atom stereocenters. The minimum atomic E-state index is 0.877. The molecule has 1 aromatic carbocycles. The molecule has 2 nitrogen and oxygen atoms in total. The molecular weight excluding hydrogens is 198 g/mol. The molecule has 2 heteroatoms. The van der Waals surface area contributed by atoms with Crippen molar-refractivity contribution in [1.29, 1.82) is 0 Å². The molecule has 0 atom stereocenters. The Bertz CT molecular complexity index is 477. The summed E-state index contributed by atoms with van der Waals surface area (Å²) in [5.74, 6) is 0.877. The fourth-order valence-electron chi connectivity index (χ4n) is 1.48. The average Bonchev–Trinajstić information content (AvgIpc) is 2.33. The highest BCUT2D eigenvalue weighted by Crippen LogP contribution is 2.21. The number of methoxy groups -OCH3 is 1. The van der Waals surface area contributed by atoms with Gasteiger partial charge < -0.3 is 4.74 Å². The standard InChI is InChI=1S/C12H13NO.C2H6/c1-8-6-10-7-11(14-3)4-5-12(10)13-9(8)2;1-2/h4-7H,1-3H3;1-2H3. The van der Waals surface area contributed by atoms with Crippen LogP contribution in [0.4, 0.5) is 0 Å². The lowest BCUT2D eigenvalue weighted by Crippen LogP contribution is -1.89. The molecule has 2 aromatic rings. The minimum absolute atomic E-state index is 0.877. The summed E-state index contributed by atoms with van der Waals surface area (Å²) >= 11 is 0. The summed E-state index contributed by atoms with van der Waals surface area (Å²) in [5, 5.41) is 1.13. The molecule has 1 heterocycles. The summed E-state index contributed by atoms with van der Waals surface area (Å²) in [7, 11) is 1.68. The van der Waals surface area contributed by atoms with Crippen LogP contribution in [0.1, 0.15) is 25.1 Å². The first-order valence-corrected chi connectivity index (χ1v) is 5.62. The van der Waals surface area contributed by atoms with Crippen LogP contribution in [0.2, 0.25) is 0 Å². The number of rotatable bonds is 1. The van der Waals surface area contributed by atoms with Crippen LogP contribution in [0.25, 0.3) is 10.9 Å². The molecule has 0 spiro atoms. The van der Waals surface area contributed by atoms with E-state index in [1.54, 1.807) is 7.11 Å². The Hall–Kier alpha value is -1.57. The number of nitrogens with zero attached hydrogens (tertiary/aromatic N) is 1. The van der Waals surface area contributed by atoms with Crippen molar-refractivity contribution in [2.75, 3.05) is 7.11 Å². The largest absolute Gasteiger partial charge is 0.497 e. The smallest absolute Gasteiger partial charge is 0.119 e. The Morgan fingerprint density at radius 1 is 1.06 bits per heavy atom. The van der Waals surface area contributed by atoms with Gasteiger partial charge in [0.25, 0.3) is 0 Å². The zero-order valence-corrected chi connectivity index (χ0v) is 10.7. The van der Waals surface area contributed by atoms with E-state index in [1.807, 2.05) is 39.0 Å². The van der Waals surface area contributed by atoms with E-state index in [0.29, 0.717) is 0 Å².